The molecule has 0 bridgehead atoms. The standard InChI is InChI=1S/C8H6F3NOS/c9-8(10,11)14-7-3-1-2-6(4-7)12-5-13/h1-5H,(H,12,13). The zero-order chi connectivity index (χ0) is 10.6. The third-order valence-corrected chi connectivity index (χ3v) is 2.01. The lowest BCUT2D eigenvalue weighted by Crippen LogP contribution is -1.99. The second kappa shape index (κ2) is 4.36. The van der Waals surface area contributed by atoms with Crippen LogP contribution < -0.4 is 5.32 Å². The van der Waals surface area contributed by atoms with E-state index in [0.717, 1.165) is 0 Å². The molecular weight excluding hydrogens is 215 g/mol. The second-order valence-electron chi connectivity index (χ2n) is 2.34. The largest absolute Gasteiger partial charge is 0.446 e. The maximum atomic E-state index is 11.9. The number of thioether (sulfide) groups is 1. The Kier molecular flexibility index (Phi) is 3.40. The van der Waals surface area contributed by atoms with E-state index in [1.54, 1.807) is 0 Å². The van der Waals surface area contributed by atoms with Gasteiger partial charge in [-0.15, -0.1) is 0 Å². The minimum atomic E-state index is -4.31. The van der Waals surface area contributed by atoms with Gasteiger partial charge in [0, 0.05) is 10.6 Å². The second-order valence-corrected chi connectivity index (χ2v) is 3.48. The van der Waals surface area contributed by atoms with E-state index in [1.165, 1.54) is 24.3 Å². The van der Waals surface area contributed by atoms with Crippen molar-refractivity contribution in [3.05, 3.63) is 24.3 Å². The number of amides is 1. The third-order valence-electron chi connectivity index (χ3n) is 1.29. The summed E-state index contributed by atoms with van der Waals surface area (Å²) in [5.41, 5.74) is -3.96. The maximum Gasteiger partial charge on any atom is 0.446 e. The van der Waals surface area contributed by atoms with E-state index in [9.17, 15) is 18.0 Å². The minimum absolute atomic E-state index is 0.0457. The van der Waals surface area contributed by atoms with Crippen LogP contribution in [0.4, 0.5) is 18.9 Å². The Bertz CT molecular complexity index is 327. The maximum absolute atomic E-state index is 11.9. The number of carbonyl (C=O) groups is 1. The first-order chi connectivity index (χ1) is 6.51. The quantitative estimate of drug-likeness (QED) is 0.628. The fourth-order valence-electron chi connectivity index (χ4n) is 0.851. The van der Waals surface area contributed by atoms with Crippen molar-refractivity contribution in [2.75, 3.05) is 5.32 Å². The summed E-state index contributed by atoms with van der Waals surface area (Å²) in [5, 5.41) is 2.27. The van der Waals surface area contributed by atoms with E-state index in [2.05, 4.69) is 5.32 Å². The van der Waals surface area contributed by atoms with E-state index < -0.39 is 5.51 Å². The highest BCUT2D eigenvalue weighted by atomic mass is 32.2. The van der Waals surface area contributed by atoms with E-state index in [-0.39, 0.29) is 16.7 Å². The molecule has 0 aliphatic rings. The smallest absolute Gasteiger partial charge is 0.329 e. The van der Waals surface area contributed by atoms with Crippen LogP contribution in [0.5, 0.6) is 0 Å². The SMILES string of the molecule is O=CNc1cccc(SC(F)(F)F)c1. The van der Waals surface area contributed by atoms with Crippen LogP contribution in [0.15, 0.2) is 29.2 Å². The highest BCUT2D eigenvalue weighted by molar-refractivity contribution is 8.00. The number of nitrogens with one attached hydrogen (secondary N) is 1. The van der Waals surface area contributed by atoms with Crippen molar-refractivity contribution in [1.82, 2.24) is 0 Å². The molecule has 76 valence electrons. The summed E-state index contributed by atoms with van der Waals surface area (Å²) < 4.78 is 35.8. The van der Waals surface area contributed by atoms with E-state index in [4.69, 9.17) is 0 Å². The molecule has 1 rings (SSSR count). The van der Waals surface area contributed by atoms with Crippen LogP contribution in [0, 0.1) is 0 Å². The Morgan fingerprint density at radius 3 is 2.64 bits per heavy atom. The molecule has 0 aromatic heterocycles. The van der Waals surface area contributed by atoms with Crippen LogP contribution in [0.25, 0.3) is 0 Å². The predicted octanol–water partition coefficient (Wildman–Crippen LogP) is 2.87. The molecule has 1 aromatic rings. The van der Waals surface area contributed by atoms with Crippen LogP contribution in [-0.4, -0.2) is 11.9 Å². The number of halogens is 3. The molecule has 1 aromatic carbocycles. The molecule has 1 N–H and O–H groups in total. The molecule has 0 spiro atoms. The monoisotopic (exact) mass is 221 g/mol. The zero-order valence-electron chi connectivity index (χ0n) is 6.84. The number of rotatable bonds is 3. The molecule has 2 nitrogen and oxygen atoms in total. The number of carbonyl (C=O) groups excluding carboxylic acids is 1. The fourth-order valence-corrected chi connectivity index (χ4v) is 1.45. The van der Waals surface area contributed by atoms with Crippen LogP contribution in [0.1, 0.15) is 0 Å². The summed E-state index contributed by atoms with van der Waals surface area (Å²) >= 11 is -0.215. The Balaban J connectivity index is 2.78. The third kappa shape index (κ3) is 3.69. The molecule has 14 heavy (non-hydrogen) atoms. The lowest BCUT2D eigenvalue weighted by Gasteiger charge is -2.06. The van der Waals surface area contributed by atoms with Gasteiger partial charge in [-0.1, -0.05) is 6.07 Å². The van der Waals surface area contributed by atoms with E-state index in [1.807, 2.05) is 0 Å². The normalized spacial score (nSPS) is 11.1. The molecule has 0 fully saturated rings. The Labute approximate surface area is 82.5 Å². The number of hydrogen-bond donors (Lipinski definition) is 1. The predicted molar refractivity (Wildman–Crippen MR) is 48.0 cm³/mol. The molecular formula is C8H6F3NOS. The van der Waals surface area contributed by atoms with Crippen LogP contribution in [0.2, 0.25) is 0 Å². The molecule has 0 aliphatic carbocycles. The summed E-state index contributed by atoms with van der Waals surface area (Å²) in [7, 11) is 0. The van der Waals surface area contributed by atoms with Crippen molar-refractivity contribution in [2.45, 2.75) is 10.4 Å². The number of alkyl halides is 3. The fraction of sp³-hybridized carbons (Fsp3) is 0.125. The van der Waals surface area contributed by atoms with Gasteiger partial charge in [0.1, 0.15) is 0 Å². The zero-order valence-corrected chi connectivity index (χ0v) is 7.65. The van der Waals surface area contributed by atoms with Crippen molar-refractivity contribution >= 4 is 23.9 Å². The van der Waals surface area contributed by atoms with Gasteiger partial charge in [-0.3, -0.25) is 4.79 Å². The van der Waals surface area contributed by atoms with Crippen LogP contribution in [-0.2, 0) is 4.79 Å². The summed E-state index contributed by atoms with van der Waals surface area (Å²) in [5.74, 6) is 0. The first kappa shape index (κ1) is 10.9. The van der Waals surface area contributed by atoms with Gasteiger partial charge >= 0.3 is 5.51 Å². The molecule has 0 heterocycles. The Hall–Kier alpha value is -1.17. The summed E-state index contributed by atoms with van der Waals surface area (Å²) in [6, 6.07) is 5.54. The van der Waals surface area contributed by atoms with Crippen molar-refractivity contribution in [3.63, 3.8) is 0 Å². The molecule has 0 aliphatic heterocycles. The van der Waals surface area contributed by atoms with Crippen molar-refractivity contribution in [2.24, 2.45) is 0 Å². The number of hydrogen-bond acceptors (Lipinski definition) is 2. The number of anilines is 1. The lowest BCUT2D eigenvalue weighted by atomic mass is 10.3. The Morgan fingerprint density at radius 2 is 2.07 bits per heavy atom. The van der Waals surface area contributed by atoms with E-state index >= 15 is 0 Å². The van der Waals surface area contributed by atoms with Gasteiger partial charge < -0.3 is 5.32 Å². The van der Waals surface area contributed by atoms with Crippen LogP contribution in [0.3, 0.4) is 0 Å². The summed E-state index contributed by atoms with van der Waals surface area (Å²) in [6.07, 6.45) is 0.414. The highest BCUT2D eigenvalue weighted by Gasteiger charge is 2.29. The van der Waals surface area contributed by atoms with Gasteiger partial charge in [-0.05, 0) is 30.0 Å². The van der Waals surface area contributed by atoms with Gasteiger partial charge in [0.25, 0.3) is 0 Å². The molecule has 0 radical (unpaired) electrons. The van der Waals surface area contributed by atoms with Crippen LogP contribution >= 0.6 is 11.8 Å². The minimum Gasteiger partial charge on any atom is -0.329 e. The lowest BCUT2D eigenvalue weighted by molar-refractivity contribution is -0.105. The van der Waals surface area contributed by atoms with E-state index in [0.29, 0.717) is 12.1 Å². The summed E-state index contributed by atoms with van der Waals surface area (Å²) in [6.45, 7) is 0. The van der Waals surface area contributed by atoms with Crippen molar-refractivity contribution in [1.29, 1.82) is 0 Å². The average molecular weight is 221 g/mol. The van der Waals surface area contributed by atoms with Crippen molar-refractivity contribution in [3.8, 4) is 0 Å². The van der Waals surface area contributed by atoms with Gasteiger partial charge in [-0.2, -0.15) is 13.2 Å². The van der Waals surface area contributed by atoms with Crippen molar-refractivity contribution < 1.29 is 18.0 Å². The van der Waals surface area contributed by atoms with Gasteiger partial charge in [-0.25, -0.2) is 0 Å². The highest BCUT2D eigenvalue weighted by Crippen LogP contribution is 2.37. The topological polar surface area (TPSA) is 29.1 Å². The molecule has 0 unspecified atom stereocenters. The number of benzene rings is 1. The van der Waals surface area contributed by atoms with Gasteiger partial charge in [0.15, 0.2) is 0 Å². The molecule has 0 saturated heterocycles. The Morgan fingerprint density at radius 1 is 1.36 bits per heavy atom. The van der Waals surface area contributed by atoms with Gasteiger partial charge in [0.2, 0.25) is 6.41 Å². The molecule has 6 heteroatoms. The molecule has 1 amide bonds. The molecule has 0 saturated carbocycles. The average Bonchev–Trinajstić information content (AvgIpc) is 2.02. The molecule has 0 atom stereocenters. The summed E-state index contributed by atoms with van der Waals surface area (Å²) in [4.78, 5) is 10.1. The first-order valence-corrected chi connectivity index (χ1v) is 4.39. The first-order valence-electron chi connectivity index (χ1n) is 3.57. The van der Waals surface area contributed by atoms with Gasteiger partial charge in [0.05, 0.1) is 0 Å².